The molecule has 1 rings (SSSR count). The van der Waals surface area contributed by atoms with Crippen molar-refractivity contribution in [2.24, 2.45) is 0 Å². The predicted octanol–water partition coefficient (Wildman–Crippen LogP) is 2.20. The molecule has 2 nitrogen and oxygen atoms in total. The van der Waals surface area contributed by atoms with Crippen LogP contribution in [0.5, 0.6) is 0 Å². The molecule has 0 aromatic heterocycles. The molecule has 0 amide bonds. The Balaban J connectivity index is 3.02. The molecule has 0 fully saturated rings. The Kier molecular flexibility index (Phi) is 3.61. The number of rotatable bonds is 3. The van der Waals surface area contributed by atoms with Gasteiger partial charge in [0.25, 0.3) is 0 Å². The van der Waals surface area contributed by atoms with Crippen molar-refractivity contribution in [3.63, 3.8) is 0 Å². The van der Waals surface area contributed by atoms with Gasteiger partial charge in [-0.1, -0.05) is 25.1 Å². The topological polar surface area (TPSA) is 44.0 Å². The minimum atomic E-state index is -0.808. The van der Waals surface area contributed by atoms with Crippen molar-refractivity contribution in [2.45, 2.75) is 25.4 Å². The molecule has 0 aliphatic heterocycles. The number of hydrogen-bond acceptors (Lipinski definition) is 2. The first-order valence-corrected chi connectivity index (χ1v) is 4.52. The average Bonchev–Trinajstić information content (AvgIpc) is 2.21. The fourth-order valence-electron chi connectivity index (χ4n) is 1.33. The van der Waals surface area contributed by atoms with E-state index in [9.17, 15) is 9.50 Å². The highest BCUT2D eigenvalue weighted by atomic mass is 19.1. The van der Waals surface area contributed by atoms with Crippen molar-refractivity contribution in [2.75, 3.05) is 0 Å². The zero-order chi connectivity index (χ0) is 10.6. The first-order chi connectivity index (χ1) is 6.70. The lowest BCUT2D eigenvalue weighted by Gasteiger charge is -2.15. The van der Waals surface area contributed by atoms with E-state index < -0.39 is 17.8 Å². The minimum absolute atomic E-state index is 0.268. The van der Waals surface area contributed by atoms with E-state index in [0.717, 1.165) is 0 Å². The van der Waals surface area contributed by atoms with Gasteiger partial charge in [-0.05, 0) is 12.5 Å². The van der Waals surface area contributed by atoms with Crippen LogP contribution in [0.3, 0.4) is 0 Å². The fourth-order valence-corrected chi connectivity index (χ4v) is 1.33. The second-order valence-corrected chi connectivity index (χ2v) is 3.10. The fraction of sp³-hybridized carbons (Fsp3) is 0.364. The molecule has 2 atom stereocenters. The maximum atomic E-state index is 13.3. The molecule has 0 aliphatic rings. The van der Waals surface area contributed by atoms with E-state index in [1.165, 1.54) is 12.1 Å². The van der Waals surface area contributed by atoms with Crippen LogP contribution < -0.4 is 0 Å². The summed E-state index contributed by atoms with van der Waals surface area (Å²) in [4.78, 5) is 0. The molecule has 2 unspecified atom stereocenters. The van der Waals surface area contributed by atoms with Crippen LogP contribution in [0.25, 0.3) is 0 Å². The van der Waals surface area contributed by atoms with Crippen LogP contribution >= 0.6 is 0 Å². The van der Waals surface area contributed by atoms with Crippen molar-refractivity contribution in [1.29, 1.82) is 5.26 Å². The maximum Gasteiger partial charge on any atom is 0.127 e. The number of aliphatic hydroxyl groups is 1. The lowest BCUT2D eigenvalue weighted by Crippen LogP contribution is -2.17. The molecular formula is C11H12FNO. The van der Waals surface area contributed by atoms with Gasteiger partial charge < -0.3 is 5.11 Å². The highest BCUT2D eigenvalue weighted by Crippen LogP contribution is 2.23. The lowest BCUT2D eigenvalue weighted by molar-refractivity contribution is 0.156. The van der Waals surface area contributed by atoms with Crippen LogP contribution in [0, 0.1) is 17.1 Å². The van der Waals surface area contributed by atoms with Crippen molar-refractivity contribution < 1.29 is 9.50 Å². The molecule has 74 valence electrons. The molecule has 0 spiro atoms. The summed E-state index contributed by atoms with van der Waals surface area (Å²) in [6, 6.07) is 7.96. The summed E-state index contributed by atoms with van der Waals surface area (Å²) >= 11 is 0. The largest absolute Gasteiger partial charge is 0.391 e. The van der Waals surface area contributed by atoms with Gasteiger partial charge in [-0.25, -0.2) is 4.39 Å². The van der Waals surface area contributed by atoms with Crippen LogP contribution in [0.4, 0.5) is 4.39 Å². The van der Waals surface area contributed by atoms with Gasteiger partial charge >= 0.3 is 0 Å². The number of nitriles is 1. The van der Waals surface area contributed by atoms with Gasteiger partial charge in [-0.3, -0.25) is 0 Å². The van der Waals surface area contributed by atoms with Gasteiger partial charge in [0.05, 0.1) is 18.1 Å². The van der Waals surface area contributed by atoms with Crippen molar-refractivity contribution in [3.8, 4) is 6.07 Å². The molecule has 1 N–H and O–H groups in total. The minimum Gasteiger partial charge on any atom is -0.391 e. The number of hydrogen-bond donors (Lipinski definition) is 1. The van der Waals surface area contributed by atoms with Gasteiger partial charge in [0, 0.05) is 5.56 Å². The number of benzene rings is 1. The number of aliphatic hydroxyl groups excluding tert-OH is 1. The second-order valence-electron chi connectivity index (χ2n) is 3.10. The van der Waals surface area contributed by atoms with Crippen LogP contribution in [0.2, 0.25) is 0 Å². The van der Waals surface area contributed by atoms with Crippen LogP contribution in [-0.4, -0.2) is 11.2 Å². The van der Waals surface area contributed by atoms with E-state index in [2.05, 4.69) is 0 Å². The normalized spacial score (nSPS) is 14.4. The highest BCUT2D eigenvalue weighted by Gasteiger charge is 2.21. The molecule has 1 aromatic rings. The molecular weight excluding hydrogens is 181 g/mol. The lowest BCUT2D eigenvalue weighted by atomic mass is 9.93. The molecule has 0 saturated carbocycles. The highest BCUT2D eigenvalue weighted by molar-refractivity contribution is 5.27. The van der Waals surface area contributed by atoms with Gasteiger partial charge in [0.2, 0.25) is 0 Å². The Labute approximate surface area is 82.6 Å². The summed E-state index contributed by atoms with van der Waals surface area (Å²) in [6.45, 7) is 1.76. The summed E-state index contributed by atoms with van der Waals surface area (Å²) in [7, 11) is 0. The number of nitrogens with zero attached hydrogens (tertiary/aromatic N) is 1. The SMILES string of the molecule is CCC(O)C(C#N)c1ccccc1F. The smallest absolute Gasteiger partial charge is 0.127 e. The van der Waals surface area contributed by atoms with Crippen LogP contribution in [-0.2, 0) is 0 Å². The van der Waals surface area contributed by atoms with E-state index in [1.54, 1.807) is 19.1 Å². The standard InChI is InChI=1S/C11H12FNO/c1-2-11(14)9(7-13)8-5-3-4-6-10(8)12/h3-6,9,11,14H,2H2,1H3. The summed E-state index contributed by atoms with van der Waals surface area (Å²) in [5.41, 5.74) is 0.268. The molecule has 14 heavy (non-hydrogen) atoms. The first-order valence-electron chi connectivity index (χ1n) is 4.52. The summed E-state index contributed by atoms with van der Waals surface area (Å²) in [6.07, 6.45) is -0.371. The summed E-state index contributed by atoms with van der Waals surface area (Å²) in [5.74, 6) is -1.22. The zero-order valence-electron chi connectivity index (χ0n) is 7.94. The third-order valence-corrected chi connectivity index (χ3v) is 2.18. The Bertz CT molecular complexity index is 345. The van der Waals surface area contributed by atoms with Gasteiger partial charge in [-0.2, -0.15) is 5.26 Å². The van der Waals surface area contributed by atoms with Crippen molar-refractivity contribution >= 4 is 0 Å². The molecule has 0 bridgehead atoms. The third-order valence-electron chi connectivity index (χ3n) is 2.18. The molecule has 3 heteroatoms. The van der Waals surface area contributed by atoms with Crippen LogP contribution in [0.1, 0.15) is 24.8 Å². The van der Waals surface area contributed by atoms with E-state index in [1.807, 2.05) is 6.07 Å². The monoisotopic (exact) mass is 193 g/mol. The maximum absolute atomic E-state index is 13.3. The Hall–Kier alpha value is -1.40. The Morgan fingerprint density at radius 1 is 1.50 bits per heavy atom. The second kappa shape index (κ2) is 4.73. The predicted molar refractivity (Wildman–Crippen MR) is 51.1 cm³/mol. The third kappa shape index (κ3) is 2.09. The molecule has 0 aliphatic carbocycles. The molecule has 0 saturated heterocycles. The molecule has 1 aromatic carbocycles. The first kappa shape index (κ1) is 10.7. The van der Waals surface area contributed by atoms with E-state index in [-0.39, 0.29) is 5.56 Å². The van der Waals surface area contributed by atoms with Crippen molar-refractivity contribution in [1.82, 2.24) is 0 Å². The quantitative estimate of drug-likeness (QED) is 0.799. The average molecular weight is 193 g/mol. The van der Waals surface area contributed by atoms with Gasteiger partial charge in [-0.15, -0.1) is 0 Å². The van der Waals surface area contributed by atoms with Crippen molar-refractivity contribution in [3.05, 3.63) is 35.6 Å². The van der Waals surface area contributed by atoms with Gasteiger partial charge in [0.15, 0.2) is 0 Å². The zero-order valence-corrected chi connectivity index (χ0v) is 7.94. The van der Waals surface area contributed by atoms with E-state index in [0.29, 0.717) is 6.42 Å². The van der Waals surface area contributed by atoms with E-state index in [4.69, 9.17) is 5.26 Å². The Morgan fingerprint density at radius 2 is 2.14 bits per heavy atom. The number of halogens is 1. The van der Waals surface area contributed by atoms with Crippen LogP contribution in [0.15, 0.2) is 24.3 Å². The summed E-state index contributed by atoms with van der Waals surface area (Å²) in [5, 5.41) is 18.3. The molecule has 0 radical (unpaired) electrons. The van der Waals surface area contributed by atoms with E-state index >= 15 is 0 Å². The molecule has 0 heterocycles. The Morgan fingerprint density at radius 3 is 2.64 bits per heavy atom. The van der Waals surface area contributed by atoms with Gasteiger partial charge in [0.1, 0.15) is 5.82 Å². The summed E-state index contributed by atoms with van der Waals surface area (Å²) < 4.78 is 13.3.